The van der Waals surface area contributed by atoms with Gasteiger partial charge in [0.15, 0.2) is 0 Å². The lowest BCUT2D eigenvalue weighted by Crippen LogP contribution is -3.08. The van der Waals surface area contributed by atoms with Crippen LogP contribution in [0, 0.1) is 0 Å². The first kappa shape index (κ1) is 17.5. The number of nitrogens with one attached hydrogen (secondary N) is 2. The zero-order valence-corrected chi connectivity index (χ0v) is 16.2. The molecule has 6 nitrogen and oxygen atoms in total. The van der Waals surface area contributed by atoms with Crippen molar-refractivity contribution in [3.8, 4) is 5.69 Å². The number of halogens is 1. The van der Waals surface area contributed by atoms with E-state index in [4.69, 9.17) is 16.6 Å². The third-order valence-corrected chi connectivity index (χ3v) is 6.06. The number of nitrogens with zero attached hydrogens (tertiary/aromatic N) is 2. The number of thiophene rings is 1. The van der Waals surface area contributed by atoms with Crippen LogP contribution in [0.15, 0.2) is 29.1 Å². The van der Waals surface area contributed by atoms with Crippen molar-refractivity contribution in [3.63, 3.8) is 0 Å². The molecule has 26 heavy (non-hydrogen) atoms. The predicted octanol–water partition coefficient (Wildman–Crippen LogP) is 0.325. The Labute approximate surface area is 160 Å². The molecule has 0 fully saturated rings. The molecule has 0 saturated heterocycles. The Morgan fingerprint density at radius 2 is 2.31 bits per heavy atom. The maximum Gasteiger partial charge on any atom is 0.268 e. The number of likely N-dealkylation sites (N-methyl/N-ethyl adjacent to an activating group) is 1. The number of rotatable bonds is 4. The molecule has 2 aromatic heterocycles. The van der Waals surface area contributed by atoms with Gasteiger partial charge in [0, 0.05) is 11.4 Å². The van der Waals surface area contributed by atoms with Crippen molar-refractivity contribution in [2.75, 3.05) is 32.0 Å². The molecule has 0 aliphatic carbocycles. The second-order valence-electron chi connectivity index (χ2n) is 6.65. The molecule has 0 radical (unpaired) electrons. The van der Waals surface area contributed by atoms with Crippen molar-refractivity contribution in [2.45, 2.75) is 13.0 Å². The van der Waals surface area contributed by atoms with E-state index < -0.39 is 0 Å². The Morgan fingerprint density at radius 3 is 3.08 bits per heavy atom. The summed E-state index contributed by atoms with van der Waals surface area (Å²) in [5, 5.41) is 4.61. The van der Waals surface area contributed by atoms with E-state index in [9.17, 15) is 4.79 Å². The summed E-state index contributed by atoms with van der Waals surface area (Å²) in [6, 6.07) is 7.33. The molecule has 0 amide bonds. The average Bonchev–Trinajstić information content (AvgIpc) is 2.97. The van der Waals surface area contributed by atoms with Gasteiger partial charge in [0.2, 0.25) is 5.95 Å². The van der Waals surface area contributed by atoms with E-state index in [1.54, 1.807) is 28.0 Å². The van der Waals surface area contributed by atoms with E-state index in [1.165, 1.54) is 15.3 Å². The van der Waals surface area contributed by atoms with Gasteiger partial charge in [-0.1, -0.05) is 17.7 Å². The highest BCUT2D eigenvalue weighted by atomic mass is 35.5. The number of benzene rings is 1. The van der Waals surface area contributed by atoms with E-state index in [0.717, 1.165) is 35.4 Å². The first-order valence-electron chi connectivity index (χ1n) is 8.76. The van der Waals surface area contributed by atoms with Gasteiger partial charge in [0.25, 0.3) is 5.56 Å². The SMILES string of the molecule is C[NH+]1CCc2c(sc3nc(NCC[NH3+])n(-c4cccc(Cl)c4)c(=O)c23)C1. The van der Waals surface area contributed by atoms with Crippen LogP contribution in [0.1, 0.15) is 10.4 Å². The van der Waals surface area contributed by atoms with Crippen LogP contribution in [-0.4, -0.2) is 36.2 Å². The molecule has 136 valence electrons. The number of anilines is 1. The highest BCUT2D eigenvalue weighted by Crippen LogP contribution is 2.30. The van der Waals surface area contributed by atoms with Gasteiger partial charge in [-0.05, 0) is 23.8 Å². The first-order valence-corrected chi connectivity index (χ1v) is 9.95. The van der Waals surface area contributed by atoms with Gasteiger partial charge < -0.3 is 16.0 Å². The van der Waals surface area contributed by atoms with Gasteiger partial charge in [-0.15, -0.1) is 11.3 Å². The van der Waals surface area contributed by atoms with Crippen LogP contribution in [0.3, 0.4) is 0 Å². The van der Waals surface area contributed by atoms with Crippen LogP contribution in [0.2, 0.25) is 5.02 Å². The number of fused-ring (bicyclic) bond motifs is 3. The van der Waals surface area contributed by atoms with Gasteiger partial charge >= 0.3 is 0 Å². The van der Waals surface area contributed by atoms with Crippen LogP contribution in [0.5, 0.6) is 0 Å². The second-order valence-corrected chi connectivity index (χ2v) is 8.17. The molecule has 1 aliphatic heterocycles. The summed E-state index contributed by atoms with van der Waals surface area (Å²) < 4.78 is 1.64. The van der Waals surface area contributed by atoms with E-state index in [1.807, 2.05) is 12.1 Å². The molecular weight excluding hydrogens is 370 g/mol. The standard InChI is InChI=1S/C18H20ClN5OS/c1-23-8-5-13-14(10-23)26-16-15(13)17(25)24(18(22-16)21-7-6-20)12-4-2-3-11(19)9-12/h2-4,9H,5-8,10,20H2,1H3,(H,21,22)/p+2. The smallest absolute Gasteiger partial charge is 0.268 e. The molecule has 8 heteroatoms. The van der Waals surface area contributed by atoms with Crippen LogP contribution in [0.25, 0.3) is 15.9 Å². The Bertz CT molecular complexity index is 1030. The van der Waals surface area contributed by atoms with Crippen molar-refractivity contribution in [2.24, 2.45) is 0 Å². The quantitative estimate of drug-likeness (QED) is 0.599. The molecule has 1 atom stereocenters. The fourth-order valence-corrected chi connectivity index (χ4v) is 4.94. The average molecular weight is 392 g/mol. The number of aromatic nitrogens is 2. The normalized spacial score (nSPS) is 16.7. The Balaban J connectivity index is 1.98. The largest absolute Gasteiger partial charge is 0.356 e. The van der Waals surface area contributed by atoms with Gasteiger partial charge in [0.05, 0.1) is 42.6 Å². The summed E-state index contributed by atoms with van der Waals surface area (Å²) in [5.41, 5.74) is 5.74. The van der Waals surface area contributed by atoms with Gasteiger partial charge in [-0.3, -0.25) is 4.79 Å². The number of hydrogen-bond acceptors (Lipinski definition) is 4. The summed E-state index contributed by atoms with van der Waals surface area (Å²) in [6.45, 7) is 3.35. The molecule has 1 aliphatic rings. The fraction of sp³-hybridized carbons (Fsp3) is 0.333. The minimum atomic E-state index is -0.0270. The molecule has 3 aromatic rings. The van der Waals surface area contributed by atoms with Crippen molar-refractivity contribution in [3.05, 3.63) is 50.1 Å². The van der Waals surface area contributed by atoms with Crippen molar-refractivity contribution < 1.29 is 10.6 Å². The highest BCUT2D eigenvalue weighted by molar-refractivity contribution is 7.18. The summed E-state index contributed by atoms with van der Waals surface area (Å²) in [4.78, 5) is 21.8. The van der Waals surface area contributed by atoms with Crippen LogP contribution in [0.4, 0.5) is 5.95 Å². The van der Waals surface area contributed by atoms with Crippen LogP contribution in [-0.2, 0) is 13.0 Å². The maximum atomic E-state index is 13.5. The lowest BCUT2D eigenvalue weighted by atomic mass is 10.1. The van der Waals surface area contributed by atoms with E-state index in [2.05, 4.69) is 18.1 Å². The Kier molecular flexibility index (Phi) is 4.71. The minimum absolute atomic E-state index is 0.0270. The lowest BCUT2D eigenvalue weighted by molar-refractivity contribution is -0.895. The Hall–Kier alpha value is -1.93. The first-order chi connectivity index (χ1) is 12.6. The summed E-state index contributed by atoms with van der Waals surface area (Å²) >= 11 is 7.81. The van der Waals surface area contributed by atoms with Crippen molar-refractivity contribution in [1.82, 2.24) is 9.55 Å². The zero-order valence-electron chi connectivity index (χ0n) is 14.6. The van der Waals surface area contributed by atoms with Gasteiger partial charge in [0.1, 0.15) is 11.4 Å². The molecule has 1 unspecified atom stereocenters. The Morgan fingerprint density at radius 1 is 1.46 bits per heavy atom. The van der Waals surface area contributed by atoms with E-state index >= 15 is 0 Å². The third kappa shape index (κ3) is 3.01. The van der Waals surface area contributed by atoms with E-state index in [-0.39, 0.29) is 5.56 Å². The monoisotopic (exact) mass is 391 g/mol. The molecule has 5 N–H and O–H groups in total. The highest BCUT2D eigenvalue weighted by Gasteiger charge is 2.26. The number of hydrogen-bond donors (Lipinski definition) is 3. The molecule has 1 aromatic carbocycles. The van der Waals surface area contributed by atoms with E-state index in [0.29, 0.717) is 24.1 Å². The lowest BCUT2D eigenvalue weighted by Gasteiger charge is -2.19. The molecule has 4 rings (SSSR count). The minimum Gasteiger partial charge on any atom is -0.356 e. The molecular formula is C18H22ClN5OS+2. The fourth-order valence-electron chi connectivity index (χ4n) is 3.43. The summed E-state index contributed by atoms with van der Waals surface area (Å²) in [6.07, 6.45) is 0.916. The third-order valence-electron chi connectivity index (χ3n) is 4.70. The van der Waals surface area contributed by atoms with Crippen molar-refractivity contribution in [1.29, 1.82) is 0 Å². The van der Waals surface area contributed by atoms with Gasteiger partial charge in [-0.25, -0.2) is 9.55 Å². The topological polar surface area (TPSA) is 79.0 Å². The predicted molar refractivity (Wildman–Crippen MR) is 106 cm³/mol. The molecule has 0 spiro atoms. The van der Waals surface area contributed by atoms with Crippen molar-refractivity contribution >= 4 is 39.1 Å². The maximum absolute atomic E-state index is 13.5. The summed E-state index contributed by atoms with van der Waals surface area (Å²) in [7, 11) is 2.19. The van der Waals surface area contributed by atoms with Crippen LogP contribution < -0.4 is 21.5 Å². The van der Waals surface area contributed by atoms with Gasteiger partial charge in [-0.2, -0.15) is 0 Å². The zero-order chi connectivity index (χ0) is 18.3. The van der Waals surface area contributed by atoms with Crippen LogP contribution >= 0.6 is 22.9 Å². The summed E-state index contributed by atoms with van der Waals surface area (Å²) in [5.74, 6) is 0.549. The molecule has 3 heterocycles. The number of quaternary nitrogens is 2. The molecule has 0 saturated carbocycles. The molecule has 0 bridgehead atoms. The second kappa shape index (κ2) is 7.00.